The third kappa shape index (κ3) is 4.30. The Morgan fingerprint density at radius 3 is 2.57 bits per heavy atom. The molecule has 2 atom stereocenters. The summed E-state index contributed by atoms with van der Waals surface area (Å²) in [5.74, 6) is 0.711. The largest absolute Gasteiger partial charge is 0.497 e. The van der Waals surface area contributed by atoms with Gasteiger partial charge >= 0.3 is 0 Å². The van der Waals surface area contributed by atoms with E-state index in [1.807, 2.05) is 30.3 Å². The average molecular weight is 287 g/mol. The van der Waals surface area contributed by atoms with Gasteiger partial charge in [0.15, 0.2) is 0 Å². The van der Waals surface area contributed by atoms with E-state index in [9.17, 15) is 4.39 Å². The zero-order chi connectivity index (χ0) is 15.2. The standard InChI is InChI=1S/C18H22FNO/c1-13(11-16-7-4-5-10-18(16)19)20-14(2)15-8-6-9-17(12-15)21-3/h4-10,12-14,20H,11H2,1-3H3. The highest BCUT2D eigenvalue weighted by molar-refractivity contribution is 5.30. The molecule has 0 spiro atoms. The molecule has 2 aromatic carbocycles. The molecule has 0 aliphatic carbocycles. The third-order valence-corrected chi connectivity index (χ3v) is 3.61. The minimum absolute atomic E-state index is 0.139. The molecule has 0 aromatic heterocycles. The van der Waals surface area contributed by atoms with E-state index in [4.69, 9.17) is 4.74 Å². The van der Waals surface area contributed by atoms with Crippen molar-refractivity contribution in [3.05, 3.63) is 65.5 Å². The van der Waals surface area contributed by atoms with Crippen LogP contribution in [-0.4, -0.2) is 13.2 Å². The number of nitrogens with one attached hydrogen (secondary N) is 1. The van der Waals surface area contributed by atoms with Crippen LogP contribution < -0.4 is 10.1 Å². The zero-order valence-electron chi connectivity index (χ0n) is 12.8. The Morgan fingerprint density at radius 1 is 1.10 bits per heavy atom. The van der Waals surface area contributed by atoms with Gasteiger partial charge in [-0.25, -0.2) is 4.39 Å². The topological polar surface area (TPSA) is 21.3 Å². The van der Waals surface area contributed by atoms with Crippen molar-refractivity contribution >= 4 is 0 Å². The fraction of sp³-hybridized carbons (Fsp3) is 0.333. The Morgan fingerprint density at radius 2 is 1.86 bits per heavy atom. The maximum atomic E-state index is 13.7. The molecule has 1 N–H and O–H groups in total. The van der Waals surface area contributed by atoms with Gasteiger partial charge in [-0.15, -0.1) is 0 Å². The van der Waals surface area contributed by atoms with E-state index < -0.39 is 0 Å². The summed E-state index contributed by atoms with van der Waals surface area (Å²) in [4.78, 5) is 0. The predicted molar refractivity (Wildman–Crippen MR) is 84.1 cm³/mol. The molecule has 0 aliphatic heterocycles. The van der Waals surface area contributed by atoms with Crippen molar-refractivity contribution in [1.82, 2.24) is 5.32 Å². The Kier molecular flexibility index (Phi) is 5.34. The first-order chi connectivity index (χ1) is 10.1. The van der Waals surface area contributed by atoms with Crippen LogP contribution in [0, 0.1) is 5.82 Å². The first-order valence-corrected chi connectivity index (χ1v) is 7.23. The fourth-order valence-electron chi connectivity index (χ4n) is 2.49. The van der Waals surface area contributed by atoms with Gasteiger partial charge in [0.05, 0.1) is 7.11 Å². The Balaban J connectivity index is 1.98. The van der Waals surface area contributed by atoms with E-state index in [2.05, 4.69) is 25.2 Å². The number of rotatable bonds is 6. The van der Waals surface area contributed by atoms with Gasteiger partial charge in [-0.05, 0) is 49.6 Å². The lowest BCUT2D eigenvalue weighted by atomic mass is 10.0. The maximum absolute atomic E-state index is 13.7. The van der Waals surface area contributed by atoms with Crippen molar-refractivity contribution in [2.45, 2.75) is 32.4 Å². The van der Waals surface area contributed by atoms with Crippen molar-refractivity contribution in [2.75, 3.05) is 7.11 Å². The molecule has 0 aliphatic rings. The van der Waals surface area contributed by atoms with Crippen molar-refractivity contribution in [2.24, 2.45) is 0 Å². The minimum atomic E-state index is -0.139. The lowest BCUT2D eigenvalue weighted by Crippen LogP contribution is -2.31. The van der Waals surface area contributed by atoms with Crippen molar-refractivity contribution in [1.29, 1.82) is 0 Å². The van der Waals surface area contributed by atoms with Crippen LogP contribution in [0.2, 0.25) is 0 Å². The van der Waals surface area contributed by atoms with Crippen molar-refractivity contribution < 1.29 is 9.13 Å². The SMILES string of the molecule is COc1cccc(C(C)NC(C)Cc2ccccc2F)c1. The van der Waals surface area contributed by atoms with Crippen LogP contribution in [0.5, 0.6) is 5.75 Å². The molecule has 2 aromatic rings. The summed E-state index contributed by atoms with van der Waals surface area (Å²) < 4.78 is 18.9. The number of hydrogen-bond acceptors (Lipinski definition) is 2. The highest BCUT2D eigenvalue weighted by Crippen LogP contribution is 2.20. The predicted octanol–water partition coefficient (Wildman–Crippen LogP) is 4.12. The molecule has 3 heteroatoms. The molecule has 0 radical (unpaired) electrons. The van der Waals surface area contributed by atoms with Crippen LogP contribution >= 0.6 is 0 Å². The number of ether oxygens (including phenoxy) is 1. The number of halogens is 1. The molecule has 112 valence electrons. The van der Waals surface area contributed by atoms with Crippen molar-refractivity contribution in [3.8, 4) is 5.75 Å². The van der Waals surface area contributed by atoms with Gasteiger partial charge < -0.3 is 10.1 Å². The smallest absolute Gasteiger partial charge is 0.126 e. The van der Waals surface area contributed by atoms with Crippen LogP contribution in [0.15, 0.2) is 48.5 Å². The second kappa shape index (κ2) is 7.23. The summed E-state index contributed by atoms with van der Waals surface area (Å²) in [6.07, 6.45) is 0.668. The molecule has 21 heavy (non-hydrogen) atoms. The normalized spacial score (nSPS) is 13.7. The van der Waals surface area contributed by atoms with Gasteiger partial charge in [0, 0.05) is 12.1 Å². The molecule has 0 heterocycles. The molecule has 0 fully saturated rings. The molecule has 2 unspecified atom stereocenters. The van der Waals surface area contributed by atoms with E-state index >= 15 is 0 Å². The lowest BCUT2D eigenvalue weighted by Gasteiger charge is -2.21. The second-order valence-electron chi connectivity index (χ2n) is 5.36. The maximum Gasteiger partial charge on any atom is 0.126 e. The number of methoxy groups -OCH3 is 1. The van der Waals surface area contributed by atoms with Gasteiger partial charge in [0.1, 0.15) is 11.6 Å². The number of benzene rings is 2. The summed E-state index contributed by atoms with van der Waals surface area (Å²) in [7, 11) is 1.66. The fourth-order valence-corrected chi connectivity index (χ4v) is 2.49. The van der Waals surface area contributed by atoms with E-state index in [0.29, 0.717) is 6.42 Å². The zero-order valence-corrected chi connectivity index (χ0v) is 12.8. The summed E-state index contributed by atoms with van der Waals surface area (Å²) in [5, 5.41) is 3.50. The lowest BCUT2D eigenvalue weighted by molar-refractivity contribution is 0.412. The van der Waals surface area contributed by atoms with Crippen molar-refractivity contribution in [3.63, 3.8) is 0 Å². The first-order valence-electron chi connectivity index (χ1n) is 7.23. The minimum Gasteiger partial charge on any atom is -0.497 e. The van der Waals surface area contributed by atoms with Gasteiger partial charge in [-0.1, -0.05) is 30.3 Å². The third-order valence-electron chi connectivity index (χ3n) is 3.61. The Hall–Kier alpha value is -1.87. The van der Waals surface area contributed by atoms with Gasteiger partial charge in [-0.2, -0.15) is 0 Å². The first kappa shape index (κ1) is 15.5. The second-order valence-corrected chi connectivity index (χ2v) is 5.36. The van der Waals surface area contributed by atoms with Crippen LogP contribution in [0.25, 0.3) is 0 Å². The molecule has 0 bridgehead atoms. The molecule has 0 saturated heterocycles. The quantitative estimate of drug-likeness (QED) is 0.863. The highest BCUT2D eigenvalue weighted by atomic mass is 19.1. The van der Waals surface area contributed by atoms with Crippen LogP contribution in [-0.2, 0) is 6.42 Å². The highest BCUT2D eigenvalue weighted by Gasteiger charge is 2.12. The van der Waals surface area contributed by atoms with E-state index in [0.717, 1.165) is 16.9 Å². The van der Waals surface area contributed by atoms with Crippen LogP contribution in [0.1, 0.15) is 31.0 Å². The molecule has 2 rings (SSSR count). The molecule has 0 amide bonds. The van der Waals surface area contributed by atoms with Gasteiger partial charge in [-0.3, -0.25) is 0 Å². The molecular formula is C18H22FNO. The Bertz CT molecular complexity index is 585. The van der Waals surface area contributed by atoms with E-state index in [-0.39, 0.29) is 17.9 Å². The summed E-state index contributed by atoms with van der Waals surface area (Å²) in [6.45, 7) is 4.18. The monoisotopic (exact) mass is 287 g/mol. The molecular weight excluding hydrogens is 265 g/mol. The van der Waals surface area contributed by atoms with Crippen LogP contribution in [0.4, 0.5) is 4.39 Å². The molecule has 2 nitrogen and oxygen atoms in total. The number of hydrogen-bond donors (Lipinski definition) is 1. The summed E-state index contributed by atoms with van der Waals surface area (Å²) in [5.41, 5.74) is 1.91. The average Bonchev–Trinajstić information content (AvgIpc) is 2.49. The van der Waals surface area contributed by atoms with Gasteiger partial charge in [0.25, 0.3) is 0 Å². The summed E-state index contributed by atoms with van der Waals surface area (Å²) >= 11 is 0. The summed E-state index contributed by atoms with van der Waals surface area (Å²) in [6, 6.07) is 15.3. The molecule has 0 saturated carbocycles. The Labute approximate surface area is 126 Å². The van der Waals surface area contributed by atoms with E-state index in [1.165, 1.54) is 6.07 Å². The van der Waals surface area contributed by atoms with E-state index in [1.54, 1.807) is 13.2 Å². The van der Waals surface area contributed by atoms with Gasteiger partial charge in [0.2, 0.25) is 0 Å². The van der Waals surface area contributed by atoms with Crippen LogP contribution in [0.3, 0.4) is 0 Å².